The van der Waals surface area contributed by atoms with Gasteiger partial charge in [-0.1, -0.05) is 27.7 Å². The highest BCUT2D eigenvalue weighted by molar-refractivity contribution is 8.11. The largest absolute Gasteiger partial charge is 0.258 e. The topological polar surface area (TPSA) is 17.1 Å². The van der Waals surface area contributed by atoms with E-state index < -0.39 is 10.8 Å². The lowest BCUT2D eigenvalue weighted by atomic mass is 9.80. The van der Waals surface area contributed by atoms with E-state index in [4.69, 9.17) is 0 Å². The van der Waals surface area contributed by atoms with Gasteiger partial charge in [-0.15, -0.1) is 11.8 Å². The maximum absolute atomic E-state index is 12.0. The lowest BCUT2D eigenvalue weighted by molar-refractivity contribution is 0.235. The number of hydrogen-bond donors (Lipinski definition) is 0. The molecule has 1 nitrogen and oxygen atoms in total. The maximum atomic E-state index is 12.0. The van der Waals surface area contributed by atoms with Crippen LogP contribution in [-0.4, -0.2) is 20.8 Å². The van der Waals surface area contributed by atoms with E-state index in [1.807, 2.05) is 18.0 Å². The predicted octanol–water partition coefficient (Wildman–Crippen LogP) is 3.76. The molecule has 1 saturated carbocycles. The van der Waals surface area contributed by atoms with Crippen LogP contribution in [0.4, 0.5) is 0 Å². The zero-order chi connectivity index (χ0) is 12.5. The summed E-state index contributed by atoms with van der Waals surface area (Å²) in [6, 6.07) is 0. The summed E-state index contributed by atoms with van der Waals surface area (Å²) >= 11 is 1.83. The van der Waals surface area contributed by atoms with E-state index in [2.05, 4.69) is 34.0 Å². The number of hydrogen-bond acceptors (Lipinski definition) is 2. The molecule has 1 aliphatic carbocycles. The van der Waals surface area contributed by atoms with Crippen molar-refractivity contribution in [1.29, 1.82) is 0 Å². The minimum absolute atomic E-state index is 0.0316. The Bertz CT molecular complexity index is 245. The van der Waals surface area contributed by atoms with E-state index in [1.165, 1.54) is 0 Å². The van der Waals surface area contributed by atoms with Crippen LogP contribution >= 0.6 is 11.8 Å². The molecule has 16 heavy (non-hydrogen) atoms. The van der Waals surface area contributed by atoms with Crippen molar-refractivity contribution in [3.05, 3.63) is 0 Å². The van der Waals surface area contributed by atoms with Crippen molar-refractivity contribution >= 4 is 22.6 Å². The molecule has 0 saturated heterocycles. The Morgan fingerprint density at radius 1 is 1.12 bits per heavy atom. The molecule has 0 aromatic carbocycles. The highest BCUT2D eigenvalue weighted by Gasteiger charge is 2.49. The van der Waals surface area contributed by atoms with Gasteiger partial charge in [-0.25, -0.2) is 0 Å². The normalized spacial score (nSPS) is 31.2. The molecule has 1 unspecified atom stereocenters. The molecule has 0 N–H and O–H groups in total. The van der Waals surface area contributed by atoms with Crippen LogP contribution in [0.3, 0.4) is 0 Å². The van der Waals surface area contributed by atoms with Gasteiger partial charge in [0.1, 0.15) is 0 Å². The first-order chi connectivity index (χ1) is 7.34. The molecule has 0 aromatic heterocycles. The summed E-state index contributed by atoms with van der Waals surface area (Å²) in [6.07, 6.45) is 6.29. The Kier molecular flexibility index (Phi) is 4.94. The van der Waals surface area contributed by atoms with Gasteiger partial charge < -0.3 is 0 Å². The first-order valence-electron chi connectivity index (χ1n) is 6.22. The second-order valence-corrected chi connectivity index (χ2v) is 8.93. The van der Waals surface area contributed by atoms with Crippen molar-refractivity contribution in [3.63, 3.8) is 0 Å². The van der Waals surface area contributed by atoms with E-state index in [-0.39, 0.29) is 4.08 Å². The van der Waals surface area contributed by atoms with E-state index >= 15 is 0 Å². The van der Waals surface area contributed by atoms with Gasteiger partial charge in [-0.3, -0.25) is 4.21 Å². The molecule has 96 valence electrons. The zero-order valence-electron chi connectivity index (χ0n) is 11.4. The Morgan fingerprint density at radius 2 is 1.50 bits per heavy atom. The van der Waals surface area contributed by atoms with Crippen LogP contribution in [0.1, 0.15) is 40.5 Å². The molecule has 1 aliphatic rings. The van der Waals surface area contributed by atoms with Crippen LogP contribution in [0.5, 0.6) is 0 Å². The maximum Gasteiger partial charge on any atom is 0.0908 e. The van der Waals surface area contributed by atoms with Crippen LogP contribution in [0.2, 0.25) is 0 Å². The van der Waals surface area contributed by atoms with Crippen LogP contribution in [0.25, 0.3) is 0 Å². The third kappa shape index (κ3) is 2.66. The van der Waals surface area contributed by atoms with Gasteiger partial charge in [0.2, 0.25) is 0 Å². The van der Waals surface area contributed by atoms with Crippen LogP contribution in [0, 0.1) is 23.7 Å². The van der Waals surface area contributed by atoms with Crippen molar-refractivity contribution in [3.8, 4) is 0 Å². The SMILES string of the molecule is CSC1(S(C)=O)C[C@@H](C(C)C)[C@H](C(C)C)C1. The second kappa shape index (κ2) is 5.43. The Morgan fingerprint density at radius 3 is 1.69 bits per heavy atom. The van der Waals surface area contributed by atoms with Crippen LogP contribution in [0.15, 0.2) is 0 Å². The van der Waals surface area contributed by atoms with Crippen molar-refractivity contribution in [1.82, 2.24) is 0 Å². The molecule has 0 bridgehead atoms. The summed E-state index contributed by atoms with van der Waals surface area (Å²) in [6.45, 7) is 9.26. The smallest absolute Gasteiger partial charge is 0.0908 e. The summed E-state index contributed by atoms with van der Waals surface area (Å²) in [5, 5.41) is 0. The molecule has 0 aromatic rings. The fraction of sp³-hybridized carbons (Fsp3) is 1.00. The van der Waals surface area contributed by atoms with E-state index in [0.717, 1.165) is 24.7 Å². The van der Waals surface area contributed by atoms with E-state index in [1.54, 1.807) is 0 Å². The lowest BCUT2D eigenvalue weighted by Crippen LogP contribution is -2.26. The van der Waals surface area contributed by atoms with Crippen LogP contribution in [-0.2, 0) is 10.8 Å². The van der Waals surface area contributed by atoms with Crippen molar-refractivity contribution in [2.75, 3.05) is 12.5 Å². The van der Waals surface area contributed by atoms with Gasteiger partial charge >= 0.3 is 0 Å². The Hall–Kier alpha value is 0.500. The number of rotatable bonds is 4. The Labute approximate surface area is 108 Å². The first kappa shape index (κ1) is 14.6. The zero-order valence-corrected chi connectivity index (χ0v) is 13.1. The van der Waals surface area contributed by atoms with Crippen molar-refractivity contribution in [2.45, 2.75) is 44.6 Å². The number of thioether (sulfide) groups is 1. The van der Waals surface area contributed by atoms with E-state index in [9.17, 15) is 4.21 Å². The summed E-state index contributed by atoms with van der Waals surface area (Å²) in [5.41, 5.74) is 0. The molecule has 3 atom stereocenters. The Balaban J connectivity index is 2.94. The quantitative estimate of drug-likeness (QED) is 0.767. The summed E-state index contributed by atoms with van der Waals surface area (Å²) in [5.74, 6) is 2.92. The van der Waals surface area contributed by atoms with E-state index in [0.29, 0.717) is 11.8 Å². The average Bonchev–Trinajstić information content (AvgIpc) is 2.58. The fourth-order valence-corrected chi connectivity index (χ4v) is 5.59. The van der Waals surface area contributed by atoms with Gasteiger partial charge in [0.15, 0.2) is 0 Å². The fourth-order valence-electron chi connectivity index (χ4n) is 3.08. The van der Waals surface area contributed by atoms with Crippen LogP contribution < -0.4 is 0 Å². The molecule has 0 radical (unpaired) electrons. The minimum Gasteiger partial charge on any atom is -0.258 e. The third-order valence-electron chi connectivity index (χ3n) is 4.25. The van der Waals surface area contributed by atoms with Gasteiger partial charge in [0.05, 0.1) is 4.08 Å². The summed E-state index contributed by atoms with van der Waals surface area (Å²) in [7, 11) is -0.711. The molecule has 0 aliphatic heterocycles. The first-order valence-corrected chi connectivity index (χ1v) is 9.01. The van der Waals surface area contributed by atoms with Crippen molar-refractivity contribution in [2.24, 2.45) is 23.7 Å². The lowest BCUT2D eigenvalue weighted by Gasteiger charge is -2.25. The monoisotopic (exact) mass is 262 g/mol. The average molecular weight is 262 g/mol. The standard InChI is InChI=1S/C13H26OS2/c1-9(2)11-7-13(15-5,16(6)14)8-12(11)10(3)4/h9-12H,7-8H2,1-6H3/t11-,12-,16?/m0/s1. The third-order valence-corrected chi connectivity index (χ3v) is 7.91. The molecular formula is C13H26OS2. The van der Waals surface area contributed by atoms with Gasteiger partial charge in [0, 0.05) is 17.1 Å². The molecule has 0 spiro atoms. The molecule has 1 rings (SSSR count). The second-order valence-electron chi connectivity index (χ2n) is 5.79. The van der Waals surface area contributed by atoms with Gasteiger partial charge in [-0.2, -0.15) is 0 Å². The highest BCUT2D eigenvalue weighted by atomic mass is 32.2. The molecule has 0 heterocycles. The van der Waals surface area contributed by atoms with Crippen molar-refractivity contribution < 1.29 is 4.21 Å². The summed E-state index contributed by atoms with van der Waals surface area (Å²) in [4.78, 5) is 0. The predicted molar refractivity (Wildman–Crippen MR) is 76.2 cm³/mol. The van der Waals surface area contributed by atoms with Gasteiger partial charge in [-0.05, 0) is 42.8 Å². The highest BCUT2D eigenvalue weighted by Crippen LogP contribution is 2.53. The molecule has 1 fully saturated rings. The van der Waals surface area contributed by atoms with Gasteiger partial charge in [0.25, 0.3) is 0 Å². The molecule has 0 amide bonds. The summed E-state index contributed by atoms with van der Waals surface area (Å²) < 4.78 is 12.1. The minimum atomic E-state index is -0.711. The molecular weight excluding hydrogens is 236 g/mol. The molecule has 3 heteroatoms.